The van der Waals surface area contributed by atoms with Crippen molar-refractivity contribution in [1.82, 2.24) is 4.90 Å². The summed E-state index contributed by atoms with van der Waals surface area (Å²) < 4.78 is 0. The van der Waals surface area contributed by atoms with Crippen LogP contribution >= 0.6 is 0 Å². The van der Waals surface area contributed by atoms with Crippen molar-refractivity contribution in [3.05, 3.63) is 35.4 Å². The van der Waals surface area contributed by atoms with Crippen LogP contribution in [-0.4, -0.2) is 35.2 Å². The lowest BCUT2D eigenvalue weighted by Gasteiger charge is -2.36. The Hall–Kier alpha value is -0.900. The number of hydrogen-bond donors (Lipinski definition) is 2. The fourth-order valence-corrected chi connectivity index (χ4v) is 2.65. The summed E-state index contributed by atoms with van der Waals surface area (Å²) in [5.41, 5.74) is 8.29. The van der Waals surface area contributed by atoms with E-state index in [0.717, 1.165) is 38.9 Å². The monoisotopic (exact) mass is 262 g/mol. The van der Waals surface area contributed by atoms with Crippen molar-refractivity contribution in [2.75, 3.05) is 19.6 Å². The SMILES string of the molecule is Cc1cccc(C(N)CCN2CCC(C)(O)CC2)c1. The number of nitrogens with zero attached hydrogens (tertiary/aromatic N) is 1. The Morgan fingerprint density at radius 2 is 2.05 bits per heavy atom. The molecule has 0 saturated carbocycles. The van der Waals surface area contributed by atoms with E-state index in [9.17, 15) is 5.11 Å². The zero-order valence-corrected chi connectivity index (χ0v) is 12.1. The van der Waals surface area contributed by atoms with Crippen LogP contribution in [0.1, 0.15) is 43.4 Å². The van der Waals surface area contributed by atoms with Gasteiger partial charge in [-0.3, -0.25) is 0 Å². The second kappa shape index (κ2) is 6.04. The standard InChI is InChI=1S/C16H26N2O/c1-13-4-3-5-14(12-13)15(17)6-9-18-10-7-16(2,19)8-11-18/h3-5,12,15,19H,6-11,17H2,1-2H3. The van der Waals surface area contributed by atoms with Crippen LogP contribution in [0, 0.1) is 6.92 Å². The van der Waals surface area contributed by atoms with E-state index in [1.807, 2.05) is 6.92 Å². The zero-order valence-electron chi connectivity index (χ0n) is 12.1. The summed E-state index contributed by atoms with van der Waals surface area (Å²) in [6.45, 7) is 7.01. The van der Waals surface area contributed by atoms with Crippen molar-refractivity contribution < 1.29 is 5.11 Å². The first-order chi connectivity index (χ1) is 8.96. The van der Waals surface area contributed by atoms with Gasteiger partial charge in [-0.2, -0.15) is 0 Å². The molecule has 2 rings (SSSR count). The largest absolute Gasteiger partial charge is 0.390 e. The normalized spacial score (nSPS) is 21.3. The van der Waals surface area contributed by atoms with Crippen LogP contribution in [0.2, 0.25) is 0 Å². The molecular weight excluding hydrogens is 236 g/mol. The number of aliphatic hydroxyl groups is 1. The first-order valence-corrected chi connectivity index (χ1v) is 7.23. The molecule has 1 heterocycles. The molecule has 1 atom stereocenters. The maximum absolute atomic E-state index is 9.93. The van der Waals surface area contributed by atoms with Crippen LogP contribution in [0.4, 0.5) is 0 Å². The van der Waals surface area contributed by atoms with Crippen LogP contribution in [0.3, 0.4) is 0 Å². The Balaban J connectivity index is 1.80. The third kappa shape index (κ3) is 4.30. The number of aryl methyl sites for hydroxylation is 1. The number of benzene rings is 1. The quantitative estimate of drug-likeness (QED) is 0.875. The smallest absolute Gasteiger partial charge is 0.0644 e. The van der Waals surface area contributed by atoms with Gasteiger partial charge in [0.05, 0.1) is 5.60 Å². The predicted molar refractivity (Wildman–Crippen MR) is 79.0 cm³/mol. The molecule has 106 valence electrons. The van der Waals surface area contributed by atoms with Gasteiger partial charge in [0.2, 0.25) is 0 Å². The summed E-state index contributed by atoms with van der Waals surface area (Å²) in [6.07, 6.45) is 2.71. The zero-order chi connectivity index (χ0) is 13.9. The van der Waals surface area contributed by atoms with Crippen molar-refractivity contribution in [1.29, 1.82) is 0 Å². The molecule has 1 aromatic carbocycles. The molecule has 0 spiro atoms. The molecule has 1 aliphatic heterocycles. The highest BCUT2D eigenvalue weighted by Crippen LogP contribution is 2.22. The second-order valence-electron chi connectivity index (χ2n) is 6.15. The molecule has 0 radical (unpaired) electrons. The number of rotatable bonds is 4. The molecule has 3 N–H and O–H groups in total. The molecule has 1 fully saturated rings. The van der Waals surface area contributed by atoms with E-state index in [1.165, 1.54) is 11.1 Å². The van der Waals surface area contributed by atoms with Gasteiger partial charge in [-0.15, -0.1) is 0 Å². The van der Waals surface area contributed by atoms with E-state index in [2.05, 4.69) is 36.1 Å². The Bertz CT molecular complexity index is 407. The maximum atomic E-state index is 9.93. The summed E-state index contributed by atoms with van der Waals surface area (Å²) in [5, 5.41) is 9.93. The maximum Gasteiger partial charge on any atom is 0.0644 e. The Morgan fingerprint density at radius 1 is 1.37 bits per heavy atom. The third-order valence-electron chi connectivity index (χ3n) is 4.16. The molecule has 0 aromatic heterocycles. The van der Waals surface area contributed by atoms with Gasteiger partial charge in [-0.1, -0.05) is 29.8 Å². The summed E-state index contributed by atoms with van der Waals surface area (Å²) in [4.78, 5) is 2.41. The van der Waals surface area contributed by atoms with E-state index in [0.29, 0.717) is 0 Å². The molecule has 1 aromatic rings. The molecule has 0 bridgehead atoms. The van der Waals surface area contributed by atoms with Crippen molar-refractivity contribution in [2.24, 2.45) is 5.73 Å². The fourth-order valence-electron chi connectivity index (χ4n) is 2.65. The van der Waals surface area contributed by atoms with Crippen LogP contribution in [0.25, 0.3) is 0 Å². The molecule has 1 aliphatic rings. The minimum absolute atomic E-state index is 0.113. The molecule has 3 heteroatoms. The number of piperidine rings is 1. The highest BCUT2D eigenvalue weighted by molar-refractivity contribution is 5.24. The molecule has 0 aliphatic carbocycles. The number of likely N-dealkylation sites (tertiary alicyclic amines) is 1. The van der Waals surface area contributed by atoms with Crippen LogP contribution in [-0.2, 0) is 0 Å². The van der Waals surface area contributed by atoms with Gasteiger partial charge in [0, 0.05) is 19.1 Å². The van der Waals surface area contributed by atoms with E-state index in [4.69, 9.17) is 5.73 Å². The van der Waals surface area contributed by atoms with Gasteiger partial charge in [0.1, 0.15) is 0 Å². The van der Waals surface area contributed by atoms with E-state index < -0.39 is 5.60 Å². The van der Waals surface area contributed by atoms with Gasteiger partial charge in [0.15, 0.2) is 0 Å². The van der Waals surface area contributed by atoms with E-state index in [-0.39, 0.29) is 6.04 Å². The average molecular weight is 262 g/mol. The van der Waals surface area contributed by atoms with Gasteiger partial charge in [0.25, 0.3) is 0 Å². The van der Waals surface area contributed by atoms with Crippen LogP contribution < -0.4 is 5.73 Å². The Labute approximate surface area is 116 Å². The molecular formula is C16H26N2O. The minimum atomic E-state index is -0.463. The fraction of sp³-hybridized carbons (Fsp3) is 0.625. The summed E-state index contributed by atoms with van der Waals surface area (Å²) >= 11 is 0. The molecule has 0 amide bonds. The molecule has 19 heavy (non-hydrogen) atoms. The Kier molecular flexibility index (Phi) is 4.61. The topological polar surface area (TPSA) is 49.5 Å². The lowest BCUT2D eigenvalue weighted by atomic mass is 9.93. The van der Waals surface area contributed by atoms with E-state index >= 15 is 0 Å². The van der Waals surface area contributed by atoms with Crippen molar-refractivity contribution >= 4 is 0 Å². The van der Waals surface area contributed by atoms with Crippen LogP contribution in [0.15, 0.2) is 24.3 Å². The van der Waals surface area contributed by atoms with Gasteiger partial charge < -0.3 is 15.7 Å². The average Bonchev–Trinajstić information content (AvgIpc) is 2.37. The lowest BCUT2D eigenvalue weighted by Crippen LogP contribution is -2.43. The summed E-state index contributed by atoms with van der Waals surface area (Å²) in [7, 11) is 0. The Morgan fingerprint density at radius 3 is 2.68 bits per heavy atom. The van der Waals surface area contributed by atoms with Gasteiger partial charge in [-0.05, 0) is 45.2 Å². The van der Waals surface area contributed by atoms with Crippen molar-refractivity contribution in [3.8, 4) is 0 Å². The van der Waals surface area contributed by atoms with Gasteiger partial charge >= 0.3 is 0 Å². The highest BCUT2D eigenvalue weighted by atomic mass is 16.3. The predicted octanol–water partition coefficient (Wildman–Crippen LogP) is 2.23. The molecule has 1 unspecified atom stereocenters. The second-order valence-corrected chi connectivity index (χ2v) is 6.15. The minimum Gasteiger partial charge on any atom is -0.390 e. The van der Waals surface area contributed by atoms with Crippen LogP contribution in [0.5, 0.6) is 0 Å². The van der Waals surface area contributed by atoms with Crippen molar-refractivity contribution in [3.63, 3.8) is 0 Å². The molecule has 3 nitrogen and oxygen atoms in total. The van der Waals surface area contributed by atoms with Crippen molar-refractivity contribution in [2.45, 2.75) is 44.8 Å². The highest BCUT2D eigenvalue weighted by Gasteiger charge is 2.27. The molecule has 1 saturated heterocycles. The first-order valence-electron chi connectivity index (χ1n) is 7.23. The van der Waals surface area contributed by atoms with Gasteiger partial charge in [-0.25, -0.2) is 0 Å². The summed E-state index contributed by atoms with van der Waals surface area (Å²) in [6, 6.07) is 8.57. The third-order valence-corrected chi connectivity index (χ3v) is 4.16. The lowest BCUT2D eigenvalue weighted by molar-refractivity contribution is -0.00576. The number of hydrogen-bond acceptors (Lipinski definition) is 3. The van der Waals surface area contributed by atoms with E-state index in [1.54, 1.807) is 0 Å². The number of nitrogens with two attached hydrogens (primary N) is 1. The first kappa shape index (κ1) is 14.5. The summed E-state index contributed by atoms with van der Waals surface area (Å²) in [5.74, 6) is 0.